The van der Waals surface area contributed by atoms with Crippen LogP contribution in [0.1, 0.15) is 77.3 Å². The van der Waals surface area contributed by atoms with Crippen LogP contribution in [-0.2, 0) is 14.3 Å². The van der Waals surface area contributed by atoms with Crippen LogP contribution in [0.3, 0.4) is 0 Å². The number of carbonyl (C=O) groups is 2. The lowest BCUT2D eigenvalue weighted by Crippen LogP contribution is -2.06. The Morgan fingerprint density at radius 2 is 1.55 bits per heavy atom. The lowest BCUT2D eigenvalue weighted by Gasteiger charge is -2.09. The van der Waals surface area contributed by atoms with Gasteiger partial charge in [0, 0.05) is 45.2 Å². The molecule has 3 aromatic heterocycles. The lowest BCUT2D eigenvalue weighted by atomic mass is 9.96. The van der Waals surface area contributed by atoms with Gasteiger partial charge in [-0.05, 0) is 80.2 Å². The Balaban J connectivity index is 1.86. The highest BCUT2D eigenvalue weighted by atomic mass is 16.5. The fourth-order valence-corrected chi connectivity index (χ4v) is 6.33. The van der Waals surface area contributed by atoms with Crippen LogP contribution in [0, 0.1) is 13.8 Å². The molecule has 9 nitrogen and oxygen atoms in total. The third-order valence-electron chi connectivity index (χ3n) is 8.76. The lowest BCUT2D eigenvalue weighted by molar-refractivity contribution is -0.137. The molecule has 0 radical (unpaired) electrons. The van der Waals surface area contributed by atoms with E-state index in [2.05, 4.69) is 23.1 Å². The Labute approximate surface area is 253 Å². The summed E-state index contributed by atoms with van der Waals surface area (Å²) in [7, 11) is 1.25. The SMILES string of the molecule is C=CC1=C(C)c2cc3[nH]c(cc4nc(c5c6[nH]c(cc1n2)c(C)c6C(O)=C5C(=O)OC)C(CCC(=O)O)=C4C)c(C)c3C=C. The van der Waals surface area contributed by atoms with Crippen molar-refractivity contribution in [1.29, 1.82) is 0 Å². The fourth-order valence-electron chi connectivity index (χ4n) is 6.33. The Bertz CT molecular complexity index is 2130. The number of hydrogen-bond donors (Lipinski definition) is 4. The number of nitrogens with one attached hydrogen (secondary N) is 2. The van der Waals surface area contributed by atoms with Crippen LogP contribution in [0.2, 0.25) is 0 Å². The minimum atomic E-state index is -0.956. The summed E-state index contributed by atoms with van der Waals surface area (Å²) in [4.78, 5) is 41.7. The van der Waals surface area contributed by atoms with Crippen LogP contribution in [0.15, 0.2) is 37.4 Å². The summed E-state index contributed by atoms with van der Waals surface area (Å²) in [5.41, 5.74) is 12.0. The zero-order valence-corrected chi connectivity index (χ0v) is 25.2. The molecule has 5 heterocycles. The van der Waals surface area contributed by atoms with Gasteiger partial charge in [-0.3, -0.25) is 4.79 Å². The molecule has 1 aliphatic carbocycles. The molecular formula is C35H32N4O5. The number of carboxylic acid groups (broad SMARTS) is 1. The molecule has 3 aromatic rings. The molecule has 44 heavy (non-hydrogen) atoms. The first kappa shape index (κ1) is 28.7. The van der Waals surface area contributed by atoms with E-state index in [1.807, 2.05) is 45.9 Å². The summed E-state index contributed by atoms with van der Waals surface area (Å²) >= 11 is 0. The van der Waals surface area contributed by atoms with Crippen LogP contribution < -0.4 is 0 Å². The molecule has 0 spiro atoms. The summed E-state index contributed by atoms with van der Waals surface area (Å²) in [6.45, 7) is 15.8. The summed E-state index contributed by atoms with van der Waals surface area (Å²) in [6, 6.07) is 5.81. The van der Waals surface area contributed by atoms with Gasteiger partial charge in [0.15, 0.2) is 0 Å². The van der Waals surface area contributed by atoms with Crippen LogP contribution in [-0.4, -0.2) is 49.2 Å². The first-order valence-electron chi connectivity index (χ1n) is 14.2. The predicted octanol–water partition coefficient (Wildman–Crippen LogP) is 7.40. The Kier molecular flexibility index (Phi) is 6.76. The molecule has 0 unspecified atom stereocenters. The number of aromatic amines is 2. The zero-order chi connectivity index (χ0) is 31.6. The van der Waals surface area contributed by atoms with E-state index in [0.29, 0.717) is 50.4 Å². The van der Waals surface area contributed by atoms with Gasteiger partial charge < -0.3 is 24.9 Å². The number of aryl methyl sites for hydroxylation is 2. The van der Waals surface area contributed by atoms with Crippen molar-refractivity contribution >= 4 is 73.7 Å². The van der Waals surface area contributed by atoms with E-state index in [1.165, 1.54) is 7.11 Å². The second-order valence-corrected chi connectivity index (χ2v) is 11.1. The number of hydrogen-bond acceptors (Lipinski definition) is 6. The highest BCUT2D eigenvalue weighted by Gasteiger charge is 2.36. The molecule has 222 valence electrons. The summed E-state index contributed by atoms with van der Waals surface area (Å²) in [5.74, 6) is -1.90. The van der Waals surface area contributed by atoms with E-state index in [4.69, 9.17) is 14.7 Å². The van der Waals surface area contributed by atoms with Gasteiger partial charge in [-0.1, -0.05) is 25.3 Å². The molecule has 0 fully saturated rings. The number of aliphatic hydroxyl groups is 1. The minimum Gasteiger partial charge on any atom is -0.506 e. The summed E-state index contributed by atoms with van der Waals surface area (Å²) in [5, 5.41) is 21.1. The number of aromatic nitrogens is 4. The number of methoxy groups -OCH3 is 1. The van der Waals surface area contributed by atoms with Crippen molar-refractivity contribution in [3.8, 4) is 0 Å². The van der Waals surface area contributed by atoms with Crippen molar-refractivity contribution in [3.05, 3.63) is 88.0 Å². The molecule has 2 aliphatic heterocycles. The number of nitrogens with zero attached hydrogens (tertiary/aromatic N) is 2. The van der Waals surface area contributed by atoms with Crippen LogP contribution in [0.5, 0.6) is 0 Å². The average molecular weight is 589 g/mol. The molecule has 3 aliphatic rings. The van der Waals surface area contributed by atoms with Crippen molar-refractivity contribution in [2.75, 3.05) is 7.11 Å². The van der Waals surface area contributed by atoms with Crippen molar-refractivity contribution < 1.29 is 24.5 Å². The minimum absolute atomic E-state index is 0.0247. The number of aliphatic hydroxyl groups excluding tert-OH is 1. The third-order valence-corrected chi connectivity index (χ3v) is 8.76. The van der Waals surface area contributed by atoms with Gasteiger partial charge in [0.25, 0.3) is 0 Å². The molecule has 9 heteroatoms. The van der Waals surface area contributed by atoms with E-state index < -0.39 is 11.9 Å². The molecular weight excluding hydrogens is 556 g/mol. The number of carboxylic acids is 1. The molecule has 0 saturated carbocycles. The number of esters is 1. The predicted molar refractivity (Wildman–Crippen MR) is 174 cm³/mol. The second kappa shape index (κ2) is 10.4. The number of aliphatic carboxylic acids is 1. The maximum Gasteiger partial charge on any atom is 0.342 e. The highest BCUT2D eigenvalue weighted by molar-refractivity contribution is 6.31. The normalized spacial score (nSPS) is 14.0. The topological polar surface area (TPSA) is 141 Å². The molecule has 0 aromatic carbocycles. The van der Waals surface area contributed by atoms with E-state index in [1.54, 1.807) is 12.2 Å². The van der Waals surface area contributed by atoms with Crippen LogP contribution in [0.4, 0.5) is 0 Å². The quantitative estimate of drug-likeness (QED) is 0.220. The number of H-pyrrole nitrogens is 2. The van der Waals surface area contributed by atoms with E-state index in [0.717, 1.165) is 44.6 Å². The van der Waals surface area contributed by atoms with Gasteiger partial charge in [0.1, 0.15) is 11.3 Å². The fraction of sp³-hybridized carbons (Fsp3) is 0.200. The van der Waals surface area contributed by atoms with Gasteiger partial charge in [-0.2, -0.15) is 0 Å². The molecule has 0 amide bonds. The molecule has 0 saturated heterocycles. The van der Waals surface area contributed by atoms with Gasteiger partial charge >= 0.3 is 11.9 Å². The Morgan fingerprint density at radius 1 is 0.886 bits per heavy atom. The maximum absolute atomic E-state index is 13.2. The number of rotatable bonds is 6. The molecule has 0 atom stereocenters. The second-order valence-electron chi connectivity index (χ2n) is 11.1. The number of ether oxygens (including phenoxy) is 1. The average Bonchev–Trinajstić information content (AvgIpc) is 3.72. The van der Waals surface area contributed by atoms with E-state index in [-0.39, 0.29) is 24.2 Å². The third kappa shape index (κ3) is 4.15. The monoisotopic (exact) mass is 588 g/mol. The van der Waals surface area contributed by atoms with Gasteiger partial charge in [-0.15, -0.1) is 0 Å². The molecule has 6 rings (SSSR count). The smallest absolute Gasteiger partial charge is 0.342 e. The summed E-state index contributed by atoms with van der Waals surface area (Å²) in [6.07, 6.45) is 3.61. The number of allylic oxidation sites excluding steroid dienone is 5. The first-order valence-corrected chi connectivity index (χ1v) is 14.2. The van der Waals surface area contributed by atoms with Gasteiger partial charge in [0.2, 0.25) is 0 Å². The van der Waals surface area contributed by atoms with E-state index >= 15 is 0 Å². The molecule has 4 N–H and O–H groups in total. The molecule has 8 bridgehead atoms. The first-order chi connectivity index (χ1) is 21.0. The highest BCUT2D eigenvalue weighted by Crippen LogP contribution is 2.47. The van der Waals surface area contributed by atoms with Crippen molar-refractivity contribution in [2.24, 2.45) is 0 Å². The standard InChI is InChI=1S/C35H32N4O5/c1-8-19-15(3)22-12-24-17(5)21(10-11-28(40)41)32(38-24)30-31(35(43)44-7)34(42)29-18(6)25(39-33(29)30)14-27-20(9-2)16(4)23(37-27)13-26(19)36-22/h8-9,12-14,36,39,42H,1-2,10-11H2,3-7H3,(H,40,41). The number of carbonyl (C=O) groups excluding carboxylic acids is 1. The Hall–Kier alpha value is -5.44. The van der Waals surface area contributed by atoms with Crippen molar-refractivity contribution in [2.45, 2.75) is 40.5 Å². The van der Waals surface area contributed by atoms with E-state index in [9.17, 15) is 19.8 Å². The van der Waals surface area contributed by atoms with Crippen LogP contribution >= 0.6 is 0 Å². The zero-order valence-electron chi connectivity index (χ0n) is 25.2. The number of fused-ring (bicyclic) bond motifs is 8. The maximum atomic E-state index is 13.2. The van der Waals surface area contributed by atoms with Crippen molar-refractivity contribution in [1.82, 2.24) is 19.9 Å². The van der Waals surface area contributed by atoms with Crippen LogP contribution in [0.25, 0.3) is 61.8 Å². The van der Waals surface area contributed by atoms with Crippen molar-refractivity contribution in [3.63, 3.8) is 0 Å². The Morgan fingerprint density at radius 3 is 2.20 bits per heavy atom. The largest absolute Gasteiger partial charge is 0.506 e. The summed E-state index contributed by atoms with van der Waals surface area (Å²) < 4.78 is 5.11. The van der Waals surface area contributed by atoms with Gasteiger partial charge in [0.05, 0.1) is 35.4 Å². The van der Waals surface area contributed by atoms with Gasteiger partial charge in [-0.25, -0.2) is 14.8 Å².